The molecule has 1 aromatic rings. The smallest absolute Gasteiger partial charge is 0.220 e. The van der Waals surface area contributed by atoms with E-state index in [0.29, 0.717) is 13.0 Å². The molecule has 0 saturated carbocycles. The summed E-state index contributed by atoms with van der Waals surface area (Å²) in [5, 5.41) is 13.3. The molecule has 0 aliphatic heterocycles. The van der Waals surface area contributed by atoms with Crippen molar-refractivity contribution < 1.29 is 14.6 Å². The highest BCUT2D eigenvalue weighted by molar-refractivity contribution is 5.76. The second-order valence-corrected chi connectivity index (χ2v) is 14.1. The van der Waals surface area contributed by atoms with Crippen molar-refractivity contribution in [1.82, 2.24) is 5.32 Å². The van der Waals surface area contributed by atoms with Crippen LogP contribution in [0.25, 0.3) is 0 Å². The molecule has 0 fully saturated rings. The van der Waals surface area contributed by atoms with Gasteiger partial charge in [0.05, 0.1) is 25.4 Å². The van der Waals surface area contributed by atoms with E-state index in [-0.39, 0.29) is 18.6 Å². The highest BCUT2D eigenvalue weighted by Crippen LogP contribution is 2.16. The third kappa shape index (κ3) is 27.9. The van der Waals surface area contributed by atoms with Gasteiger partial charge in [0.2, 0.25) is 5.91 Å². The number of aliphatic hydroxyl groups excluding tert-OH is 1. The van der Waals surface area contributed by atoms with Gasteiger partial charge in [0.1, 0.15) is 0 Å². The first-order valence-corrected chi connectivity index (χ1v) is 20.4. The average molecular weight is 656 g/mol. The molecule has 1 amide bonds. The number of unbranched alkanes of at least 4 members (excludes halogenated alkanes) is 25. The highest BCUT2D eigenvalue weighted by atomic mass is 16.5. The molecule has 272 valence electrons. The minimum atomic E-state index is -0.434. The third-order valence-corrected chi connectivity index (χ3v) is 9.53. The van der Waals surface area contributed by atoms with Gasteiger partial charge >= 0.3 is 0 Å². The minimum Gasteiger partial charge on any atom is -0.394 e. The molecule has 4 heteroatoms. The number of hydrogen-bond acceptors (Lipinski definition) is 3. The van der Waals surface area contributed by atoms with Crippen molar-refractivity contribution >= 4 is 5.91 Å². The Hall–Kier alpha value is -1.65. The van der Waals surface area contributed by atoms with Gasteiger partial charge in [-0.05, 0) is 24.8 Å². The second kappa shape index (κ2) is 34.2. The molecule has 0 spiro atoms. The van der Waals surface area contributed by atoms with Gasteiger partial charge in [-0.1, -0.05) is 210 Å². The number of rotatable bonds is 35. The SMILES string of the molecule is CCCCCCCCCCCCC/C=C/[C@@H](OCc1ccccc1)[C@H](CO)NC(=O)CCCCCCCCCCCCCCCCC. The van der Waals surface area contributed by atoms with Crippen LogP contribution in [0.3, 0.4) is 0 Å². The Bertz CT molecular complexity index is 810. The van der Waals surface area contributed by atoms with Crippen LogP contribution in [0.15, 0.2) is 42.5 Å². The molecule has 1 aromatic carbocycles. The fourth-order valence-corrected chi connectivity index (χ4v) is 6.40. The summed E-state index contributed by atoms with van der Waals surface area (Å²) < 4.78 is 6.26. The molecule has 0 unspecified atom stereocenters. The Balaban J connectivity index is 2.26. The van der Waals surface area contributed by atoms with Gasteiger partial charge in [0.15, 0.2) is 0 Å². The van der Waals surface area contributed by atoms with E-state index in [1.165, 1.54) is 154 Å². The number of amides is 1. The van der Waals surface area contributed by atoms with E-state index < -0.39 is 6.04 Å². The predicted molar refractivity (Wildman–Crippen MR) is 204 cm³/mol. The van der Waals surface area contributed by atoms with Gasteiger partial charge in [-0.3, -0.25) is 4.79 Å². The summed E-state index contributed by atoms with van der Waals surface area (Å²) in [5.41, 5.74) is 1.09. The fraction of sp³-hybridized carbons (Fsp3) is 0.791. The number of nitrogens with one attached hydrogen (secondary N) is 1. The van der Waals surface area contributed by atoms with Crippen LogP contribution in [0, 0.1) is 0 Å². The van der Waals surface area contributed by atoms with Crippen molar-refractivity contribution in [3.8, 4) is 0 Å². The van der Waals surface area contributed by atoms with E-state index in [0.717, 1.165) is 24.8 Å². The lowest BCUT2D eigenvalue weighted by molar-refractivity contribution is -0.123. The van der Waals surface area contributed by atoms with Crippen molar-refractivity contribution in [3.63, 3.8) is 0 Å². The zero-order chi connectivity index (χ0) is 33.9. The van der Waals surface area contributed by atoms with Crippen LogP contribution >= 0.6 is 0 Å². The summed E-state index contributed by atoms with van der Waals surface area (Å²) >= 11 is 0. The lowest BCUT2D eigenvalue weighted by Gasteiger charge is -2.25. The van der Waals surface area contributed by atoms with Crippen LogP contribution in [0.4, 0.5) is 0 Å². The molecule has 0 aliphatic carbocycles. The van der Waals surface area contributed by atoms with Crippen LogP contribution in [0.5, 0.6) is 0 Å². The molecule has 2 atom stereocenters. The highest BCUT2D eigenvalue weighted by Gasteiger charge is 2.21. The Morgan fingerprint density at radius 1 is 0.638 bits per heavy atom. The summed E-state index contributed by atoms with van der Waals surface area (Å²) in [6.45, 7) is 4.88. The molecule has 0 aromatic heterocycles. The second-order valence-electron chi connectivity index (χ2n) is 14.1. The summed E-state index contributed by atoms with van der Waals surface area (Å²) in [7, 11) is 0. The van der Waals surface area contributed by atoms with Crippen LogP contribution in [-0.4, -0.2) is 29.8 Å². The maximum atomic E-state index is 12.8. The Morgan fingerprint density at radius 2 is 1.06 bits per heavy atom. The van der Waals surface area contributed by atoms with Crippen LogP contribution in [-0.2, 0) is 16.1 Å². The standard InChI is InChI=1S/C43H77NO3/c1-3-5-7-9-11-13-15-17-18-20-22-24-26-28-33-37-43(46)44-41(38-45)42(47-39-40-34-30-29-31-35-40)36-32-27-25-23-21-19-16-14-12-10-8-6-4-2/h29-32,34-36,41-42,45H,3-28,33,37-39H2,1-2H3,(H,44,46)/b36-32+/t41-,42+/m0/s1. The number of carbonyl (C=O) groups excluding carboxylic acids is 1. The Morgan fingerprint density at radius 3 is 1.51 bits per heavy atom. The van der Waals surface area contributed by atoms with Gasteiger partial charge in [0, 0.05) is 6.42 Å². The molecule has 0 radical (unpaired) electrons. The van der Waals surface area contributed by atoms with Crippen molar-refractivity contribution in [1.29, 1.82) is 0 Å². The first kappa shape index (κ1) is 43.4. The molecule has 47 heavy (non-hydrogen) atoms. The van der Waals surface area contributed by atoms with Crippen molar-refractivity contribution in [2.24, 2.45) is 0 Å². The summed E-state index contributed by atoms with van der Waals surface area (Å²) in [4.78, 5) is 12.8. The summed E-state index contributed by atoms with van der Waals surface area (Å²) in [5.74, 6) is 0.0193. The lowest BCUT2D eigenvalue weighted by Crippen LogP contribution is -2.46. The molecular formula is C43H77NO3. The number of allylic oxidation sites excluding steroid dienone is 1. The molecule has 1 rings (SSSR count). The Kier molecular flexibility index (Phi) is 31.6. The molecular weight excluding hydrogens is 578 g/mol. The lowest BCUT2D eigenvalue weighted by atomic mass is 10.0. The van der Waals surface area contributed by atoms with Crippen LogP contribution in [0.1, 0.15) is 199 Å². The largest absolute Gasteiger partial charge is 0.394 e. The maximum Gasteiger partial charge on any atom is 0.220 e. The van der Waals surface area contributed by atoms with Crippen molar-refractivity contribution in [2.75, 3.05) is 6.61 Å². The molecule has 0 aliphatic rings. The quantitative estimate of drug-likeness (QED) is 0.0565. The summed E-state index contributed by atoms with van der Waals surface area (Å²) in [6, 6.07) is 9.70. The van der Waals surface area contributed by atoms with E-state index in [4.69, 9.17) is 4.74 Å². The van der Waals surface area contributed by atoms with Gasteiger partial charge in [-0.2, -0.15) is 0 Å². The van der Waals surface area contributed by atoms with Gasteiger partial charge in [-0.15, -0.1) is 0 Å². The topological polar surface area (TPSA) is 58.6 Å². The zero-order valence-corrected chi connectivity index (χ0v) is 31.2. The van der Waals surface area contributed by atoms with Gasteiger partial charge in [0.25, 0.3) is 0 Å². The van der Waals surface area contributed by atoms with E-state index in [2.05, 4.69) is 43.4 Å². The van der Waals surface area contributed by atoms with Gasteiger partial charge < -0.3 is 15.2 Å². The summed E-state index contributed by atoms with van der Waals surface area (Å²) in [6.07, 6.45) is 39.9. The fourth-order valence-electron chi connectivity index (χ4n) is 6.40. The molecule has 0 heterocycles. The minimum absolute atomic E-state index is 0.0193. The van der Waals surface area contributed by atoms with E-state index in [1.807, 2.05) is 18.2 Å². The molecule has 4 nitrogen and oxygen atoms in total. The zero-order valence-electron chi connectivity index (χ0n) is 31.2. The van der Waals surface area contributed by atoms with Gasteiger partial charge in [-0.25, -0.2) is 0 Å². The maximum absolute atomic E-state index is 12.8. The molecule has 0 bridgehead atoms. The van der Waals surface area contributed by atoms with Crippen molar-refractivity contribution in [3.05, 3.63) is 48.0 Å². The van der Waals surface area contributed by atoms with E-state index in [9.17, 15) is 9.90 Å². The number of hydrogen-bond donors (Lipinski definition) is 2. The van der Waals surface area contributed by atoms with Crippen LogP contribution < -0.4 is 5.32 Å². The Labute approximate surface area is 292 Å². The first-order valence-electron chi connectivity index (χ1n) is 20.4. The number of carbonyl (C=O) groups is 1. The molecule has 2 N–H and O–H groups in total. The number of ether oxygens (including phenoxy) is 1. The van der Waals surface area contributed by atoms with Crippen LogP contribution in [0.2, 0.25) is 0 Å². The monoisotopic (exact) mass is 656 g/mol. The molecule has 0 saturated heterocycles. The first-order chi connectivity index (χ1) is 23.2. The average Bonchev–Trinajstić information content (AvgIpc) is 3.09. The van der Waals surface area contributed by atoms with E-state index >= 15 is 0 Å². The van der Waals surface area contributed by atoms with E-state index in [1.54, 1.807) is 0 Å². The normalized spacial score (nSPS) is 12.9. The number of aliphatic hydroxyl groups is 1. The number of benzene rings is 1. The predicted octanol–water partition coefficient (Wildman–Crippen LogP) is 12.6. The van der Waals surface area contributed by atoms with Crippen molar-refractivity contribution in [2.45, 2.75) is 212 Å². The third-order valence-electron chi connectivity index (χ3n) is 9.53.